The number of hydrogen-bond donors (Lipinski definition) is 0. The average Bonchev–Trinajstić information content (AvgIpc) is 3.26. The number of alkyl halides is 3. The van der Waals surface area contributed by atoms with Crippen molar-refractivity contribution in [2.45, 2.75) is 25.8 Å². The maximum atomic E-state index is 13.4. The molecular formula is C27H22BrF3N2O. The Morgan fingerprint density at radius 2 is 1.47 bits per heavy atom. The fourth-order valence-corrected chi connectivity index (χ4v) is 3.98. The third-order valence-electron chi connectivity index (χ3n) is 5.51. The number of amides is 1. The Balaban J connectivity index is 1.59. The van der Waals surface area contributed by atoms with E-state index < -0.39 is 11.7 Å². The first-order valence-electron chi connectivity index (χ1n) is 10.7. The van der Waals surface area contributed by atoms with Gasteiger partial charge < -0.3 is 9.47 Å². The second kappa shape index (κ2) is 10.3. The summed E-state index contributed by atoms with van der Waals surface area (Å²) in [6.07, 6.45) is -2.49. The van der Waals surface area contributed by atoms with Gasteiger partial charge in [-0.3, -0.25) is 4.79 Å². The number of halogens is 4. The lowest BCUT2D eigenvalue weighted by atomic mass is 10.1. The molecule has 3 aromatic carbocycles. The highest BCUT2D eigenvalue weighted by molar-refractivity contribution is 9.10. The van der Waals surface area contributed by atoms with Crippen LogP contribution in [-0.2, 0) is 25.8 Å². The number of aromatic nitrogens is 1. The van der Waals surface area contributed by atoms with Gasteiger partial charge in [-0.25, -0.2) is 0 Å². The minimum atomic E-state index is -4.45. The first-order valence-corrected chi connectivity index (χ1v) is 11.5. The van der Waals surface area contributed by atoms with Crippen molar-refractivity contribution >= 4 is 21.8 Å². The molecule has 3 nitrogen and oxygen atoms in total. The van der Waals surface area contributed by atoms with Crippen molar-refractivity contribution in [1.29, 1.82) is 0 Å². The maximum absolute atomic E-state index is 13.4. The number of benzene rings is 3. The molecule has 4 aromatic rings. The standard InChI is InChI=1S/C27H22BrF3N2O/c28-24-14-8-21(9-15-24)17-32-16-4-7-25(32)19-33(18-20-5-2-1-3-6-20)26(34)22-10-12-23(13-11-22)27(29,30)31/h1-16H,17-19H2. The zero-order valence-corrected chi connectivity index (χ0v) is 19.8. The third-order valence-corrected chi connectivity index (χ3v) is 6.03. The van der Waals surface area contributed by atoms with E-state index in [9.17, 15) is 18.0 Å². The van der Waals surface area contributed by atoms with Crippen LogP contribution in [0.5, 0.6) is 0 Å². The van der Waals surface area contributed by atoms with Crippen LogP contribution in [0.1, 0.15) is 32.7 Å². The third kappa shape index (κ3) is 5.97. The van der Waals surface area contributed by atoms with E-state index in [0.717, 1.165) is 33.4 Å². The van der Waals surface area contributed by atoms with Gasteiger partial charge in [0, 0.05) is 35.0 Å². The van der Waals surface area contributed by atoms with E-state index in [1.54, 1.807) is 4.90 Å². The fourth-order valence-electron chi connectivity index (χ4n) is 3.72. The fraction of sp³-hybridized carbons (Fsp3) is 0.148. The quantitative estimate of drug-likeness (QED) is 0.250. The van der Waals surface area contributed by atoms with E-state index in [0.29, 0.717) is 19.6 Å². The lowest BCUT2D eigenvalue weighted by molar-refractivity contribution is -0.137. The molecule has 0 aliphatic heterocycles. The summed E-state index contributed by atoms with van der Waals surface area (Å²) in [5.74, 6) is -0.325. The second-order valence-corrected chi connectivity index (χ2v) is 8.89. The topological polar surface area (TPSA) is 25.2 Å². The van der Waals surface area contributed by atoms with Gasteiger partial charge in [0.15, 0.2) is 0 Å². The molecule has 0 aliphatic rings. The van der Waals surface area contributed by atoms with Gasteiger partial charge in [-0.15, -0.1) is 0 Å². The van der Waals surface area contributed by atoms with Gasteiger partial charge in [-0.2, -0.15) is 13.2 Å². The molecule has 1 amide bonds. The van der Waals surface area contributed by atoms with E-state index >= 15 is 0 Å². The summed E-state index contributed by atoms with van der Waals surface area (Å²) in [5.41, 5.74) is 2.43. The molecule has 0 bridgehead atoms. The average molecular weight is 527 g/mol. The lowest BCUT2D eigenvalue weighted by Crippen LogP contribution is -2.31. The van der Waals surface area contributed by atoms with Crippen molar-refractivity contribution in [3.8, 4) is 0 Å². The van der Waals surface area contributed by atoms with Crippen molar-refractivity contribution in [2.24, 2.45) is 0 Å². The van der Waals surface area contributed by atoms with Crippen LogP contribution < -0.4 is 0 Å². The molecule has 0 fully saturated rings. The zero-order valence-electron chi connectivity index (χ0n) is 18.2. The molecule has 174 valence electrons. The molecule has 1 heterocycles. The molecule has 0 spiro atoms. The van der Waals surface area contributed by atoms with Crippen molar-refractivity contribution in [1.82, 2.24) is 9.47 Å². The smallest absolute Gasteiger partial charge is 0.345 e. The van der Waals surface area contributed by atoms with Crippen molar-refractivity contribution < 1.29 is 18.0 Å². The summed E-state index contributed by atoms with van der Waals surface area (Å²) in [6, 6.07) is 25.8. The molecular weight excluding hydrogens is 505 g/mol. The van der Waals surface area contributed by atoms with Gasteiger partial charge in [0.1, 0.15) is 0 Å². The van der Waals surface area contributed by atoms with Gasteiger partial charge in [0.2, 0.25) is 0 Å². The summed E-state index contributed by atoms with van der Waals surface area (Å²) in [7, 11) is 0. The Kier molecular flexibility index (Phi) is 7.22. The largest absolute Gasteiger partial charge is 0.416 e. The summed E-state index contributed by atoms with van der Waals surface area (Å²) in [4.78, 5) is 15.0. The molecule has 0 unspecified atom stereocenters. The highest BCUT2D eigenvalue weighted by Crippen LogP contribution is 2.29. The van der Waals surface area contributed by atoms with Crippen molar-refractivity contribution in [3.05, 3.63) is 130 Å². The summed E-state index contributed by atoms with van der Waals surface area (Å²) >= 11 is 3.44. The Bertz CT molecular complexity index is 1230. The van der Waals surface area contributed by atoms with Crippen LogP contribution in [0.25, 0.3) is 0 Å². The first-order chi connectivity index (χ1) is 16.3. The number of hydrogen-bond acceptors (Lipinski definition) is 1. The molecule has 34 heavy (non-hydrogen) atoms. The minimum Gasteiger partial charge on any atom is -0.345 e. The molecule has 0 radical (unpaired) electrons. The predicted molar refractivity (Wildman–Crippen MR) is 129 cm³/mol. The lowest BCUT2D eigenvalue weighted by Gasteiger charge is -2.24. The van der Waals surface area contributed by atoms with Crippen LogP contribution in [0.4, 0.5) is 13.2 Å². The number of carbonyl (C=O) groups excluding carboxylic acids is 1. The normalized spacial score (nSPS) is 11.4. The van der Waals surface area contributed by atoms with Crippen LogP contribution in [0, 0.1) is 0 Å². The molecule has 0 saturated heterocycles. The van der Waals surface area contributed by atoms with Crippen LogP contribution in [-0.4, -0.2) is 15.4 Å². The minimum absolute atomic E-state index is 0.218. The molecule has 1 aromatic heterocycles. The number of carbonyl (C=O) groups is 1. The first kappa shape index (κ1) is 23.8. The molecule has 7 heteroatoms. The van der Waals surface area contributed by atoms with Gasteiger partial charge in [-0.05, 0) is 59.7 Å². The summed E-state index contributed by atoms with van der Waals surface area (Å²) < 4.78 is 42.0. The SMILES string of the molecule is O=C(c1ccc(C(F)(F)F)cc1)N(Cc1ccccc1)Cc1cccn1Cc1ccc(Br)cc1. The van der Waals surface area contributed by atoms with Crippen LogP contribution >= 0.6 is 15.9 Å². The van der Waals surface area contributed by atoms with E-state index in [2.05, 4.69) is 20.5 Å². The van der Waals surface area contributed by atoms with Gasteiger partial charge in [0.05, 0.1) is 12.1 Å². The number of rotatable bonds is 7. The van der Waals surface area contributed by atoms with Crippen LogP contribution in [0.15, 0.2) is 102 Å². The van der Waals surface area contributed by atoms with Gasteiger partial charge in [-0.1, -0.05) is 58.4 Å². The Morgan fingerprint density at radius 3 is 2.12 bits per heavy atom. The summed E-state index contributed by atoms with van der Waals surface area (Å²) in [6.45, 7) is 1.30. The Hall–Kier alpha value is -3.32. The van der Waals surface area contributed by atoms with Gasteiger partial charge >= 0.3 is 6.18 Å². The zero-order chi connectivity index (χ0) is 24.1. The van der Waals surface area contributed by atoms with E-state index in [1.807, 2.05) is 72.9 Å². The van der Waals surface area contributed by atoms with E-state index in [1.165, 1.54) is 12.1 Å². The number of nitrogens with zero attached hydrogens (tertiary/aromatic N) is 2. The Morgan fingerprint density at radius 1 is 0.794 bits per heavy atom. The van der Waals surface area contributed by atoms with E-state index in [4.69, 9.17) is 0 Å². The highest BCUT2D eigenvalue weighted by atomic mass is 79.9. The summed E-state index contributed by atoms with van der Waals surface area (Å²) in [5, 5.41) is 0. The van der Waals surface area contributed by atoms with Crippen LogP contribution in [0.3, 0.4) is 0 Å². The molecule has 4 rings (SSSR count). The molecule has 0 saturated carbocycles. The van der Waals surface area contributed by atoms with E-state index in [-0.39, 0.29) is 11.5 Å². The predicted octanol–water partition coefficient (Wildman–Crippen LogP) is 7.16. The Labute approximate surface area is 204 Å². The molecule has 0 aliphatic carbocycles. The molecule has 0 N–H and O–H groups in total. The monoisotopic (exact) mass is 526 g/mol. The van der Waals surface area contributed by atoms with Crippen LogP contribution in [0.2, 0.25) is 0 Å². The highest BCUT2D eigenvalue weighted by Gasteiger charge is 2.30. The van der Waals surface area contributed by atoms with Gasteiger partial charge in [0.25, 0.3) is 5.91 Å². The molecule has 0 atom stereocenters. The second-order valence-electron chi connectivity index (χ2n) is 7.98. The van der Waals surface area contributed by atoms with Crippen molar-refractivity contribution in [2.75, 3.05) is 0 Å². The maximum Gasteiger partial charge on any atom is 0.416 e. The van der Waals surface area contributed by atoms with Crippen molar-refractivity contribution in [3.63, 3.8) is 0 Å².